The van der Waals surface area contributed by atoms with Crippen LogP contribution in [0.4, 0.5) is 5.82 Å². The zero-order chi connectivity index (χ0) is 13.2. The van der Waals surface area contributed by atoms with Crippen LogP contribution in [0.2, 0.25) is 0 Å². The number of amides is 1. The zero-order valence-corrected chi connectivity index (χ0v) is 11.0. The first-order valence-corrected chi connectivity index (χ1v) is 6.60. The standard InChI is InChI=1S/C15H17N3O/c1-12(19)17-8-10-18(11-9-17)15-7-6-13-4-2-3-5-14(13)16-15/h2-7H,8-11H2,1H3. The summed E-state index contributed by atoms with van der Waals surface area (Å²) in [5, 5.41) is 1.16. The molecular weight excluding hydrogens is 238 g/mol. The second-order valence-corrected chi connectivity index (χ2v) is 4.86. The number of aromatic nitrogens is 1. The van der Waals surface area contributed by atoms with E-state index in [0.29, 0.717) is 0 Å². The van der Waals surface area contributed by atoms with Crippen molar-refractivity contribution in [3.8, 4) is 0 Å². The van der Waals surface area contributed by atoms with Gasteiger partial charge in [0.25, 0.3) is 0 Å². The number of carbonyl (C=O) groups is 1. The molecular formula is C15H17N3O. The van der Waals surface area contributed by atoms with Gasteiger partial charge in [0.1, 0.15) is 5.82 Å². The molecule has 2 aromatic rings. The average molecular weight is 255 g/mol. The molecule has 0 aliphatic carbocycles. The highest BCUT2D eigenvalue weighted by Gasteiger charge is 2.19. The summed E-state index contributed by atoms with van der Waals surface area (Å²) >= 11 is 0. The zero-order valence-electron chi connectivity index (χ0n) is 11.0. The van der Waals surface area contributed by atoms with Crippen LogP contribution in [-0.2, 0) is 4.79 Å². The lowest BCUT2D eigenvalue weighted by atomic mass is 10.2. The largest absolute Gasteiger partial charge is 0.353 e. The quantitative estimate of drug-likeness (QED) is 0.781. The number of fused-ring (bicyclic) bond motifs is 1. The van der Waals surface area contributed by atoms with Crippen LogP contribution in [0, 0.1) is 0 Å². The summed E-state index contributed by atoms with van der Waals surface area (Å²) in [4.78, 5) is 20.1. The first kappa shape index (κ1) is 12.0. The van der Waals surface area contributed by atoms with E-state index in [1.165, 1.54) is 0 Å². The molecule has 3 rings (SSSR count). The Bertz CT molecular complexity index is 603. The number of carbonyl (C=O) groups excluding carboxylic acids is 1. The molecule has 98 valence electrons. The van der Waals surface area contributed by atoms with Crippen molar-refractivity contribution in [1.29, 1.82) is 0 Å². The molecule has 0 atom stereocenters. The molecule has 1 fully saturated rings. The Labute approximate surface area is 112 Å². The molecule has 1 amide bonds. The second-order valence-electron chi connectivity index (χ2n) is 4.86. The first-order valence-electron chi connectivity index (χ1n) is 6.60. The highest BCUT2D eigenvalue weighted by molar-refractivity contribution is 5.80. The minimum absolute atomic E-state index is 0.158. The van der Waals surface area contributed by atoms with Crippen molar-refractivity contribution >= 4 is 22.6 Å². The predicted molar refractivity (Wildman–Crippen MR) is 76.2 cm³/mol. The van der Waals surface area contributed by atoms with Crippen molar-refractivity contribution in [2.75, 3.05) is 31.1 Å². The fourth-order valence-electron chi connectivity index (χ4n) is 2.48. The fraction of sp³-hybridized carbons (Fsp3) is 0.333. The summed E-state index contributed by atoms with van der Waals surface area (Å²) < 4.78 is 0. The Morgan fingerprint density at radius 1 is 1.05 bits per heavy atom. The normalized spacial score (nSPS) is 15.8. The first-order chi connectivity index (χ1) is 9.24. The fourth-order valence-corrected chi connectivity index (χ4v) is 2.48. The van der Waals surface area contributed by atoms with Gasteiger partial charge in [0.05, 0.1) is 5.52 Å². The summed E-state index contributed by atoms with van der Waals surface area (Å²) in [5.74, 6) is 1.16. The van der Waals surface area contributed by atoms with Crippen LogP contribution in [0.5, 0.6) is 0 Å². The molecule has 2 heterocycles. The molecule has 0 saturated carbocycles. The van der Waals surface area contributed by atoms with Gasteiger partial charge in [-0.05, 0) is 18.2 Å². The molecule has 1 aliphatic heterocycles. The van der Waals surface area contributed by atoms with Crippen LogP contribution in [0.1, 0.15) is 6.92 Å². The minimum Gasteiger partial charge on any atom is -0.353 e. The lowest BCUT2D eigenvalue weighted by Gasteiger charge is -2.35. The lowest BCUT2D eigenvalue weighted by molar-refractivity contribution is -0.129. The molecule has 4 heteroatoms. The Hall–Kier alpha value is -2.10. The summed E-state index contributed by atoms with van der Waals surface area (Å²) in [6.07, 6.45) is 0. The van der Waals surface area contributed by atoms with Gasteiger partial charge in [-0.25, -0.2) is 4.98 Å². The van der Waals surface area contributed by atoms with E-state index >= 15 is 0 Å². The van der Waals surface area contributed by atoms with Crippen molar-refractivity contribution in [3.63, 3.8) is 0 Å². The van der Waals surface area contributed by atoms with E-state index in [2.05, 4.69) is 23.1 Å². The molecule has 0 radical (unpaired) electrons. The number of hydrogen-bond donors (Lipinski definition) is 0. The monoisotopic (exact) mass is 255 g/mol. The van der Waals surface area contributed by atoms with E-state index in [4.69, 9.17) is 4.98 Å². The number of piperazine rings is 1. The Morgan fingerprint density at radius 2 is 1.79 bits per heavy atom. The number of anilines is 1. The van der Waals surface area contributed by atoms with Crippen LogP contribution in [-0.4, -0.2) is 42.0 Å². The van der Waals surface area contributed by atoms with Crippen LogP contribution < -0.4 is 4.90 Å². The molecule has 19 heavy (non-hydrogen) atoms. The number of para-hydroxylation sites is 1. The second kappa shape index (κ2) is 4.88. The molecule has 0 N–H and O–H groups in total. The number of rotatable bonds is 1. The maximum Gasteiger partial charge on any atom is 0.219 e. The lowest BCUT2D eigenvalue weighted by Crippen LogP contribution is -2.48. The van der Waals surface area contributed by atoms with Gasteiger partial charge in [-0.3, -0.25) is 4.79 Å². The van der Waals surface area contributed by atoms with E-state index in [-0.39, 0.29) is 5.91 Å². The average Bonchev–Trinajstić information content (AvgIpc) is 2.47. The van der Waals surface area contributed by atoms with Gasteiger partial charge < -0.3 is 9.80 Å². The molecule has 0 bridgehead atoms. The Balaban J connectivity index is 1.80. The van der Waals surface area contributed by atoms with Gasteiger partial charge >= 0.3 is 0 Å². The van der Waals surface area contributed by atoms with Crippen LogP contribution in [0.15, 0.2) is 36.4 Å². The van der Waals surface area contributed by atoms with Crippen molar-refractivity contribution < 1.29 is 4.79 Å². The van der Waals surface area contributed by atoms with Crippen LogP contribution in [0.3, 0.4) is 0 Å². The van der Waals surface area contributed by atoms with Gasteiger partial charge in [0.15, 0.2) is 0 Å². The number of hydrogen-bond acceptors (Lipinski definition) is 3. The molecule has 1 saturated heterocycles. The third kappa shape index (κ3) is 2.38. The maximum atomic E-state index is 11.3. The predicted octanol–water partition coefficient (Wildman–Crippen LogP) is 1.90. The van der Waals surface area contributed by atoms with Crippen LogP contribution in [0.25, 0.3) is 10.9 Å². The van der Waals surface area contributed by atoms with Gasteiger partial charge in [0, 0.05) is 38.5 Å². The number of pyridine rings is 1. The van der Waals surface area contributed by atoms with E-state index in [9.17, 15) is 4.79 Å². The van der Waals surface area contributed by atoms with E-state index in [1.54, 1.807) is 6.92 Å². The third-order valence-electron chi connectivity index (χ3n) is 3.63. The van der Waals surface area contributed by atoms with E-state index < -0.39 is 0 Å². The number of nitrogens with zero attached hydrogens (tertiary/aromatic N) is 3. The highest BCUT2D eigenvalue weighted by Crippen LogP contribution is 2.19. The SMILES string of the molecule is CC(=O)N1CCN(c2ccc3ccccc3n2)CC1. The summed E-state index contributed by atoms with van der Waals surface area (Å²) in [5.41, 5.74) is 1.02. The van der Waals surface area contributed by atoms with Crippen molar-refractivity contribution in [3.05, 3.63) is 36.4 Å². The van der Waals surface area contributed by atoms with E-state index in [0.717, 1.165) is 42.9 Å². The topological polar surface area (TPSA) is 36.4 Å². The molecule has 1 aromatic carbocycles. The van der Waals surface area contributed by atoms with Crippen molar-refractivity contribution in [1.82, 2.24) is 9.88 Å². The molecule has 4 nitrogen and oxygen atoms in total. The molecule has 0 spiro atoms. The summed E-state index contributed by atoms with van der Waals surface area (Å²) in [6.45, 7) is 4.90. The Morgan fingerprint density at radius 3 is 2.53 bits per heavy atom. The van der Waals surface area contributed by atoms with Crippen LogP contribution >= 0.6 is 0 Å². The third-order valence-corrected chi connectivity index (χ3v) is 3.63. The van der Waals surface area contributed by atoms with Gasteiger partial charge in [0.2, 0.25) is 5.91 Å². The minimum atomic E-state index is 0.158. The summed E-state index contributed by atoms with van der Waals surface area (Å²) in [7, 11) is 0. The van der Waals surface area contributed by atoms with E-state index in [1.807, 2.05) is 23.1 Å². The summed E-state index contributed by atoms with van der Waals surface area (Å²) in [6, 6.07) is 12.3. The van der Waals surface area contributed by atoms with Crippen molar-refractivity contribution in [2.24, 2.45) is 0 Å². The molecule has 0 unspecified atom stereocenters. The molecule has 1 aliphatic rings. The Kier molecular flexibility index (Phi) is 3.07. The van der Waals surface area contributed by atoms with Gasteiger partial charge in [-0.2, -0.15) is 0 Å². The maximum absolute atomic E-state index is 11.3. The van der Waals surface area contributed by atoms with Gasteiger partial charge in [-0.15, -0.1) is 0 Å². The highest BCUT2D eigenvalue weighted by atomic mass is 16.2. The molecule has 1 aromatic heterocycles. The van der Waals surface area contributed by atoms with Gasteiger partial charge in [-0.1, -0.05) is 18.2 Å². The van der Waals surface area contributed by atoms with Crippen molar-refractivity contribution in [2.45, 2.75) is 6.92 Å². The smallest absolute Gasteiger partial charge is 0.219 e. The number of benzene rings is 1.